The van der Waals surface area contributed by atoms with E-state index >= 15 is 0 Å². The number of aliphatic carboxylic acids is 1. The summed E-state index contributed by atoms with van der Waals surface area (Å²) in [6.45, 7) is 0.567. The van der Waals surface area contributed by atoms with Crippen LogP contribution in [0.3, 0.4) is 0 Å². The molecular weight excluding hydrogens is 484 g/mol. The number of fused-ring (bicyclic) bond motifs is 1. The Balaban J connectivity index is 1.17. The summed E-state index contributed by atoms with van der Waals surface area (Å²) in [4.78, 5) is 24.4. The lowest BCUT2D eigenvalue weighted by atomic mass is 9.47. The maximum Gasteiger partial charge on any atom is 0.303 e. The highest BCUT2D eigenvalue weighted by molar-refractivity contribution is 6.32. The molecule has 0 unspecified atom stereocenters. The number of hydrogen-bond acceptors (Lipinski definition) is 3. The molecule has 1 spiro atoms. The molecule has 2 aliphatic carbocycles. The summed E-state index contributed by atoms with van der Waals surface area (Å²) in [7, 11) is 0. The van der Waals surface area contributed by atoms with E-state index in [2.05, 4.69) is 41.5 Å². The fraction of sp³-hybridized carbons (Fsp3) is 0.323. The van der Waals surface area contributed by atoms with Crippen molar-refractivity contribution in [3.05, 3.63) is 89.1 Å². The van der Waals surface area contributed by atoms with Crippen molar-refractivity contribution in [2.24, 2.45) is 17.3 Å². The Bertz CT molecular complexity index is 1460. The molecular formula is C31H29ClN2O3. The Morgan fingerprint density at radius 1 is 0.919 bits per heavy atom. The van der Waals surface area contributed by atoms with E-state index in [1.807, 2.05) is 28.9 Å². The third-order valence-electron chi connectivity index (χ3n) is 8.22. The Kier molecular flexibility index (Phi) is 6.12. The summed E-state index contributed by atoms with van der Waals surface area (Å²) in [6, 6.07) is 22.4. The number of nitrogens with zero attached hydrogens (tertiary/aromatic N) is 2. The van der Waals surface area contributed by atoms with E-state index in [-0.39, 0.29) is 17.6 Å². The third-order valence-corrected chi connectivity index (χ3v) is 8.43. The highest BCUT2D eigenvalue weighted by Gasteiger charge is 2.53. The van der Waals surface area contributed by atoms with Crippen molar-refractivity contribution in [1.82, 2.24) is 9.78 Å². The molecule has 1 N–H and O–H groups in total. The van der Waals surface area contributed by atoms with Crippen molar-refractivity contribution >= 4 is 34.3 Å². The molecule has 5 nitrogen and oxygen atoms in total. The summed E-state index contributed by atoms with van der Waals surface area (Å²) in [5.74, 6) is 0.0570. The molecule has 6 heteroatoms. The summed E-state index contributed by atoms with van der Waals surface area (Å²) in [5.41, 5.74) is 5.21. The standard InChI is InChI=1S/C31H29ClN2O3/c32-26-12-25-18-33-34(19-20-6-8-24(9-7-20)23-4-2-1-3-5-23)30(25)27(13-26)28(35)10-21-14-31(15-21)16-22(17-31)11-29(36)37/h1-9,12-13,18,21-22H,10-11,14-17,19H2,(H,36,37). The zero-order valence-corrected chi connectivity index (χ0v) is 21.3. The van der Waals surface area contributed by atoms with Crippen LogP contribution in [0, 0.1) is 17.3 Å². The van der Waals surface area contributed by atoms with Crippen molar-refractivity contribution in [2.75, 3.05) is 0 Å². The Morgan fingerprint density at radius 2 is 1.57 bits per heavy atom. The Hall–Kier alpha value is -3.44. The molecule has 0 radical (unpaired) electrons. The maximum atomic E-state index is 13.5. The van der Waals surface area contributed by atoms with Gasteiger partial charge in [-0.05, 0) is 71.8 Å². The molecule has 188 valence electrons. The van der Waals surface area contributed by atoms with Crippen LogP contribution in [-0.4, -0.2) is 26.6 Å². The number of hydrogen-bond donors (Lipinski definition) is 1. The predicted octanol–water partition coefficient (Wildman–Crippen LogP) is 7.26. The van der Waals surface area contributed by atoms with Crippen molar-refractivity contribution in [3.63, 3.8) is 0 Å². The van der Waals surface area contributed by atoms with E-state index in [1.165, 1.54) is 5.56 Å². The van der Waals surface area contributed by atoms with Crippen LogP contribution in [0.4, 0.5) is 0 Å². The van der Waals surface area contributed by atoms with Crippen LogP contribution in [0.5, 0.6) is 0 Å². The van der Waals surface area contributed by atoms with Gasteiger partial charge in [0.2, 0.25) is 0 Å². The Morgan fingerprint density at radius 3 is 2.24 bits per heavy atom. The smallest absolute Gasteiger partial charge is 0.303 e. The highest BCUT2D eigenvalue weighted by atomic mass is 35.5. The number of rotatable bonds is 8. The lowest BCUT2D eigenvalue weighted by molar-refractivity contribution is -0.142. The summed E-state index contributed by atoms with van der Waals surface area (Å²) < 4.78 is 1.90. The van der Waals surface area contributed by atoms with Crippen molar-refractivity contribution < 1.29 is 14.7 Å². The second-order valence-electron chi connectivity index (χ2n) is 11.0. The van der Waals surface area contributed by atoms with E-state index in [0.717, 1.165) is 47.7 Å². The first-order chi connectivity index (χ1) is 17.9. The van der Waals surface area contributed by atoms with Crippen LogP contribution >= 0.6 is 11.6 Å². The lowest BCUT2D eigenvalue weighted by Crippen LogP contribution is -2.48. The summed E-state index contributed by atoms with van der Waals surface area (Å²) in [5, 5.41) is 15.0. The molecule has 1 heterocycles. The molecule has 0 aliphatic heterocycles. The van der Waals surface area contributed by atoms with Gasteiger partial charge in [0.25, 0.3) is 0 Å². The molecule has 0 amide bonds. The predicted molar refractivity (Wildman–Crippen MR) is 145 cm³/mol. The van der Waals surface area contributed by atoms with E-state index in [1.54, 1.807) is 12.3 Å². The zero-order chi connectivity index (χ0) is 25.6. The molecule has 0 atom stereocenters. The Labute approximate surface area is 221 Å². The van der Waals surface area contributed by atoms with E-state index in [4.69, 9.17) is 16.7 Å². The average molecular weight is 513 g/mol. The van der Waals surface area contributed by atoms with E-state index in [9.17, 15) is 9.59 Å². The topological polar surface area (TPSA) is 72.2 Å². The van der Waals surface area contributed by atoms with Crippen molar-refractivity contribution in [2.45, 2.75) is 45.1 Å². The molecule has 2 aliphatic rings. The minimum Gasteiger partial charge on any atom is -0.481 e. The van der Waals surface area contributed by atoms with Crippen LogP contribution in [0.15, 0.2) is 72.9 Å². The number of carbonyl (C=O) groups excluding carboxylic acids is 1. The van der Waals surface area contributed by atoms with Crippen LogP contribution in [0.1, 0.15) is 54.4 Å². The van der Waals surface area contributed by atoms with Crippen molar-refractivity contribution in [1.29, 1.82) is 0 Å². The molecule has 2 saturated carbocycles. The first-order valence-corrected chi connectivity index (χ1v) is 13.3. The number of halogens is 1. The maximum absolute atomic E-state index is 13.5. The quantitative estimate of drug-likeness (QED) is 0.252. The normalized spacial score (nSPS) is 22.5. The van der Waals surface area contributed by atoms with Gasteiger partial charge >= 0.3 is 5.97 Å². The van der Waals surface area contributed by atoms with Crippen LogP contribution < -0.4 is 0 Å². The monoisotopic (exact) mass is 512 g/mol. The van der Waals surface area contributed by atoms with Gasteiger partial charge in [-0.3, -0.25) is 14.3 Å². The van der Waals surface area contributed by atoms with Crippen LogP contribution in [0.25, 0.3) is 22.0 Å². The fourth-order valence-electron chi connectivity index (χ4n) is 6.71. The van der Waals surface area contributed by atoms with Crippen LogP contribution in [-0.2, 0) is 11.3 Å². The van der Waals surface area contributed by atoms with Crippen molar-refractivity contribution in [3.8, 4) is 11.1 Å². The second-order valence-corrected chi connectivity index (χ2v) is 11.5. The van der Waals surface area contributed by atoms with Gasteiger partial charge in [0.15, 0.2) is 5.78 Å². The SMILES string of the molecule is O=C(O)CC1CC2(C1)CC(CC(=O)c1cc(Cl)cc3cnn(Cc4ccc(-c5ccccc5)cc4)c13)C2. The number of carboxylic acids is 1. The van der Waals surface area contributed by atoms with Crippen LogP contribution in [0.2, 0.25) is 5.02 Å². The average Bonchev–Trinajstić information content (AvgIpc) is 3.23. The van der Waals surface area contributed by atoms with Gasteiger partial charge in [0.1, 0.15) is 0 Å². The second kappa shape index (κ2) is 9.46. The van der Waals surface area contributed by atoms with E-state index < -0.39 is 5.97 Å². The fourth-order valence-corrected chi connectivity index (χ4v) is 6.93. The molecule has 0 bridgehead atoms. The van der Waals surface area contributed by atoms with Gasteiger partial charge in [-0.2, -0.15) is 5.10 Å². The first kappa shape index (κ1) is 23.9. The van der Waals surface area contributed by atoms with Gasteiger partial charge < -0.3 is 5.11 Å². The first-order valence-electron chi connectivity index (χ1n) is 12.9. The van der Waals surface area contributed by atoms with Gasteiger partial charge in [-0.1, -0.05) is 66.2 Å². The minimum atomic E-state index is -0.709. The minimum absolute atomic E-state index is 0.106. The molecule has 2 fully saturated rings. The number of benzene rings is 3. The van der Waals surface area contributed by atoms with Gasteiger partial charge in [-0.25, -0.2) is 0 Å². The zero-order valence-electron chi connectivity index (χ0n) is 20.6. The molecule has 0 saturated heterocycles. The number of carbonyl (C=O) groups is 2. The largest absolute Gasteiger partial charge is 0.481 e. The summed E-state index contributed by atoms with van der Waals surface area (Å²) >= 11 is 6.39. The number of ketones is 1. The molecule has 1 aromatic heterocycles. The number of carboxylic acid groups (broad SMARTS) is 1. The van der Waals surface area contributed by atoms with Gasteiger partial charge in [0.05, 0.1) is 18.3 Å². The molecule has 37 heavy (non-hydrogen) atoms. The lowest BCUT2D eigenvalue weighted by Gasteiger charge is -2.58. The summed E-state index contributed by atoms with van der Waals surface area (Å²) in [6.07, 6.45) is 6.56. The number of aromatic nitrogens is 2. The number of Topliss-reactive ketones (excluding diaryl/α,β-unsaturated/α-hetero) is 1. The molecule has 6 rings (SSSR count). The molecule has 4 aromatic rings. The third kappa shape index (κ3) is 4.80. The van der Waals surface area contributed by atoms with Gasteiger partial charge in [-0.15, -0.1) is 0 Å². The highest BCUT2D eigenvalue weighted by Crippen LogP contribution is 2.62. The molecule has 3 aromatic carbocycles. The van der Waals surface area contributed by atoms with Gasteiger partial charge in [0, 0.05) is 28.8 Å². The van der Waals surface area contributed by atoms with E-state index in [0.29, 0.717) is 35.4 Å².